The van der Waals surface area contributed by atoms with Crippen molar-refractivity contribution in [1.29, 1.82) is 0 Å². The summed E-state index contributed by atoms with van der Waals surface area (Å²) in [4.78, 5) is 5.43. The molecule has 0 fully saturated rings. The Labute approximate surface area is 771 Å². The fourth-order valence-electron chi connectivity index (χ4n) is 21.4. The predicted molar refractivity (Wildman–Crippen MR) is 558 cm³/mol. The summed E-state index contributed by atoms with van der Waals surface area (Å²) in [7, 11) is 0. The van der Waals surface area contributed by atoms with Gasteiger partial charge in [-0.3, -0.25) is 0 Å². The van der Waals surface area contributed by atoms with Gasteiger partial charge in [0.1, 0.15) is 11.2 Å². The van der Waals surface area contributed by atoms with Crippen molar-refractivity contribution in [3.8, 4) is 112 Å². The van der Waals surface area contributed by atoms with Gasteiger partial charge in [0.05, 0.1) is 67.6 Å². The number of benzene rings is 19. The van der Waals surface area contributed by atoms with E-state index in [9.17, 15) is 0 Å². The van der Waals surface area contributed by atoms with E-state index in [1.165, 1.54) is 60.5 Å². The van der Waals surface area contributed by atoms with Crippen molar-refractivity contribution in [1.82, 2.24) is 9.13 Å². The highest BCUT2D eigenvalue weighted by atomic mass is 16.3. The van der Waals surface area contributed by atoms with Gasteiger partial charge >= 0.3 is 0 Å². The van der Waals surface area contributed by atoms with Crippen LogP contribution in [-0.2, 0) is 16.2 Å². The Morgan fingerprint density at radius 1 is 0.220 bits per heavy atom. The molecule has 0 aliphatic carbocycles. The largest absolute Gasteiger partial charge is 0.455 e. The van der Waals surface area contributed by atoms with E-state index in [4.69, 9.17) is 4.42 Å². The zero-order chi connectivity index (χ0) is 89.0. The van der Waals surface area contributed by atoms with E-state index >= 15 is 0 Å². The molecule has 5 nitrogen and oxygen atoms in total. The molecule has 3 aromatic heterocycles. The molecule has 132 heavy (non-hydrogen) atoms. The van der Waals surface area contributed by atoms with Crippen molar-refractivity contribution in [2.75, 3.05) is 9.80 Å². The van der Waals surface area contributed by atoms with Crippen molar-refractivity contribution in [3.63, 3.8) is 0 Å². The lowest BCUT2D eigenvalue weighted by Gasteiger charge is -2.46. The summed E-state index contributed by atoms with van der Waals surface area (Å²) in [6, 6.07) is 161. The fourth-order valence-corrected chi connectivity index (χ4v) is 21.4. The van der Waals surface area contributed by atoms with Gasteiger partial charge < -0.3 is 23.4 Å². The van der Waals surface area contributed by atoms with Crippen LogP contribution < -0.4 is 9.80 Å². The third kappa shape index (κ3) is 13.2. The number of hydrogen-bond acceptors (Lipinski definition) is 3. The first-order chi connectivity index (χ1) is 64.4. The molecule has 19 aromatic carbocycles. The van der Waals surface area contributed by atoms with Gasteiger partial charge in [0, 0.05) is 71.6 Å². The van der Waals surface area contributed by atoms with Gasteiger partial charge in [0.2, 0.25) is 0 Å². The molecule has 0 saturated heterocycles. The maximum absolute atomic E-state index is 7.32. The van der Waals surface area contributed by atoms with Crippen LogP contribution in [0.2, 0.25) is 0 Å². The van der Waals surface area contributed by atoms with Crippen LogP contribution in [0.15, 0.2) is 429 Å². The predicted octanol–water partition coefficient (Wildman–Crippen LogP) is 35.4. The monoisotopic (exact) mass is 1690 g/mol. The molecule has 0 spiro atoms. The normalized spacial score (nSPS) is 13.2. The quantitative estimate of drug-likeness (QED) is 0.115. The Morgan fingerprint density at radius 3 is 1.20 bits per heavy atom. The number of aromatic nitrogens is 2. The Balaban J connectivity index is 0.889. The smallest absolute Gasteiger partial charge is 0.143 e. The Morgan fingerprint density at radius 2 is 0.644 bits per heavy atom. The van der Waals surface area contributed by atoms with Crippen LogP contribution in [0.3, 0.4) is 0 Å². The number of fused-ring (bicyclic) bond motifs is 13. The van der Waals surface area contributed by atoms with Gasteiger partial charge in [-0.15, -0.1) is 0 Å². The van der Waals surface area contributed by atoms with Gasteiger partial charge in [-0.05, 0) is 213 Å². The maximum Gasteiger partial charge on any atom is 0.143 e. The molecule has 1 atom stereocenters. The first-order valence-corrected chi connectivity index (χ1v) is 46.4. The topological polar surface area (TPSA) is 29.5 Å². The Kier molecular flexibility index (Phi) is 18.7. The molecule has 0 N–H and O–H groups in total. The lowest BCUT2D eigenvalue weighted by molar-refractivity contribution is 0.590. The van der Waals surface area contributed by atoms with Crippen molar-refractivity contribution in [2.45, 2.75) is 84.5 Å². The highest BCUT2D eigenvalue weighted by molar-refractivity contribution is 6.16. The van der Waals surface area contributed by atoms with Crippen LogP contribution in [0.5, 0.6) is 0 Å². The van der Waals surface area contributed by atoms with Crippen molar-refractivity contribution in [2.24, 2.45) is 0 Å². The maximum atomic E-state index is 7.32. The minimum absolute atomic E-state index is 0.143. The van der Waals surface area contributed by atoms with E-state index in [2.05, 4.69) is 506 Å². The molecular weight excluding hydrogens is 1600 g/mol. The number of nitrogens with zero attached hydrogens (tertiary/aromatic N) is 4. The summed E-state index contributed by atoms with van der Waals surface area (Å²) in [6.45, 7) is 21.1. The second-order valence-corrected chi connectivity index (χ2v) is 39.1. The Bertz CT molecular complexity index is 8180. The molecule has 632 valence electrons. The van der Waals surface area contributed by atoms with Gasteiger partial charge in [0.25, 0.3) is 0 Å². The van der Waals surface area contributed by atoms with Crippen LogP contribution >= 0.6 is 0 Å². The van der Waals surface area contributed by atoms with E-state index in [0.717, 1.165) is 184 Å². The molecular formula is C127H98N4O. The summed E-state index contributed by atoms with van der Waals surface area (Å²) in [5, 5.41) is 6.97. The molecule has 24 rings (SSSR count). The number of rotatable bonds is 13. The van der Waals surface area contributed by atoms with E-state index in [1.54, 1.807) is 0 Å². The summed E-state index contributed by atoms with van der Waals surface area (Å²) < 4.78 is 12.5. The van der Waals surface area contributed by atoms with Crippen LogP contribution in [0.1, 0.15) is 102 Å². The molecule has 1 unspecified atom stereocenters. The van der Waals surface area contributed by atoms with Gasteiger partial charge in [-0.25, -0.2) is 0 Å². The number of para-hydroxylation sites is 5. The summed E-state index contributed by atoms with van der Waals surface area (Å²) in [6.07, 6.45) is 0. The zero-order valence-corrected chi connectivity index (χ0v) is 75.7. The van der Waals surface area contributed by atoms with Crippen molar-refractivity contribution < 1.29 is 4.42 Å². The second kappa shape index (κ2) is 31.0. The van der Waals surface area contributed by atoms with E-state index in [1.807, 2.05) is 0 Å². The van der Waals surface area contributed by atoms with Gasteiger partial charge in [0.15, 0.2) is 0 Å². The third-order valence-corrected chi connectivity index (χ3v) is 28.0. The highest BCUT2D eigenvalue weighted by Gasteiger charge is 2.45. The van der Waals surface area contributed by atoms with Crippen LogP contribution in [0.4, 0.5) is 34.1 Å². The number of anilines is 6. The lowest BCUT2D eigenvalue weighted by atomic mass is 9.74. The first kappa shape index (κ1) is 79.6. The minimum Gasteiger partial charge on any atom is -0.455 e. The Hall–Kier alpha value is -15.8. The molecule has 5 heterocycles. The van der Waals surface area contributed by atoms with Gasteiger partial charge in [-0.1, -0.05) is 390 Å². The molecule has 0 radical (unpaired) electrons. The summed E-state index contributed by atoms with van der Waals surface area (Å²) in [5.74, 6) is -0.378. The van der Waals surface area contributed by atoms with Crippen molar-refractivity contribution >= 4 is 99.7 Å². The first-order valence-electron chi connectivity index (χ1n) is 46.4. The van der Waals surface area contributed by atoms with E-state index in [0.29, 0.717) is 0 Å². The van der Waals surface area contributed by atoms with Crippen LogP contribution in [0, 0.1) is 0 Å². The average molecular weight is 1700 g/mol. The van der Waals surface area contributed by atoms with Crippen LogP contribution in [-0.4, -0.2) is 9.13 Å². The van der Waals surface area contributed by atoms with Crippen LogP contribution in [0.25, 0.3) is 177 Å². The molecule has 0 bridgehead atoms. The lowest BCUT2D eigenvalue weighted by Crippen LogP contribution is -2.30. The van der Waals surface area contributed by atoms with E-state index in [-0.39, 0.29) is 22.2 Å². The fraction of sp³-hybridized carbons (Fsp3) is 0.102. The second-order valence-electron chi connectivity index (χ2n) is 39.1. The molecule has 0 amide bonds. The highest BCUT2D eigenvalue weighted by Crippen LogP contribution is 2.65. The summed E-state index contributed by atoms with van der Waals surface area (Å²) >= 11 is 0. The van der Waals surface area contributed by atoms with Crippen molar-refractivity contribution in [3.05, 3.63) is 458 Å². The van der Waals surface area contributed by atoms with Gasteiger partial charge in [-0.2, -0.15) is 0 Å². The van der Waals surface area contributed by atoms with E-state index < -0.39 is 0 Å². The summed E-state index contributed by atoms with van der Waals surface area (Å²) in [5.41, 5.74) is 41.4. The molecule has 5 heteroatoms. The molecule has 22 aromatic rings. The SMILES string of the molecule is CC(C)(C)c1cc(-c2cccc3c2oc2ccccc23)c(-c2ccc3c(c2)N(c2c(-c4ccccc4)cccc2-c2ccccc2)c2cc(-n4c5ccc(C(C)(C)C)cc5c5cc(C(C)(C)C)ccc54)cc4c2C3c2ccc(-c3ccc(-c5ccccc5)cc3-c3ccccc3)cc2N4c2ccc(-c3ccccc3)cc2-c2ccccc2)c(-n2c3ccccc3c3ccccc32)c1. The third-order valence-electron chi connectivity index (χ3n) is 28.0. The minimum atomic E-state index is -0.378. The number of hydrogen-bond donors (Lipinski definition) is 0. The molecule has 0 saturated carbocycles. The average Bonchev–Trinajstić information content (AvgIpc) is 0.769. The molecule has 2 aliphatic rings. The zero-order valence-electron chi connectivity index (χ0n) is 75.7. The standard InChI is InChI=1S/C127H98N4O/c1-125(2,3)90-62-68-112-106(74-90)107-75-91(126(4,5)6)63-69-113(107)128(112)93-78-117-122-118(79-93)131(123-95(82-40-20-12-21-41-82)51-34-52-96(123)83-42-22-13-23-43-83)115-73-89(120-108(101-54-35-53-100-99-50-30-33-57-119(99)132-124(100)101)76-92(127(7,8)9)77-116(120)129-109-55-31-28-48-97(109)98-49-29-32-56-110(98)129)60-66-103(115)121(122)102-65-59-88(94-64-58-86(80-36-16-10-17-37-80)70-104(94)84-44-24-14-25-45-84)72-114(102)130(117)111-67-61-87(81-38-18-11-19-39-81)71-105(111)85-46-26-15-27-47-85/h10-79,121H,1-9H3. The number of furan rings is 1. The molecule has 2 aliphatic heterocycles.